The number of aliphatic carboxylic acids is 1. The second-order valence-electron chi connectivity index (χ2n) is 6.72. The number of hydrogen-bond donors (Lipinski definition) is 2. The molecule has 1 saturated heterocycles. The highest BCUT2D eigenvalue weighted by atomic mass is 19.4. The summed E-state index contributed by atoms with van der Waals surface area (Å²) in [4.78, 5) is 23.5. The number of carbonyl (C=O) groups excluding carboxylic acids is 1. The summed E-state index contributed by atoms with van der Waals surface area (Å²) >= 11 is 0. The second-order valence-corrected chi connectivity index (χ2v) is 6.72. The predicted molar refractivity (Wildman–Crippen MR) is 105 cm³/mol. The Hall–Kier alpha value is -3.03. The smallest absolute Gasteiger partial charge is 0.475 e. The molecule has 5 nitrogen and oxygen atoms in total. The second kappa shape index (κ2) is 9.95. The molecule has 156 valence electrons. The lowest BCUT2D eigenvalue weighted by molar-refractivity contribution is -0.192. The van der Waals surface area contributed by atoms with Crippen molar-refractivity contribution >= 4 is 23.3 Å². The van der Waals surface area contributed by atoms with Gasteiger partial charge in [-0.25, -0.2) is 4.79 Å². The molecule has 1 aliphatic heterocycles. The lowest BCUT2D eigenvalue weighted by atomic mass is 10.1. The molecule has 3 rings (SSSR count). The molecule has 0 saturated carbocycles. The van der Waals surface area contributed by atoms with E-state index in [0.29, 0.717) is 5.56 Å². The van der Waals surface area contributed by atoms with Crippen molar-refractivity contribution in [1.29, 1.82) is 0 Å². The van der Waals surface area contributed by atoms with Gasteiger partial charge in [0.25, 0.3) is 5.91 Å². The van der Waals surface area contributed by atoms with Crippen LogP contribution in [0, 0.1) is 6.92 Å². The number of piperidine rings is 1. The Kier molecular flexibility index (Phi) is 7.64. The molecule has 0 aliphatic carbocycles. The number of anilines is 2. The molecule has 0 atom stereocenters. The standard InChI is InChI=1S/C19H22N2O.C2HF3O2/c1-15-5-7-16(8-6-15)19(22)20-17-9-11-18(12-10-17)21-13-3-2-4-14-21;3-2(4,5)1(6)7/h5-12H,2-4,13-14H2,1H3,(H,20,22);(H,6,7). The molecule has 1 fully saturated rings. The van der Waals surface area contributed by atoms with Crippen molar-refractivity contribution in [2.24, 2.45) is 0 Å². The quantitative estimate of drug-likeness (QED) is 0.760. The molecule has 0 aromatic heterocycles. The summed E-state index contributed by atoms with van der Waals surface area (Å²) in [7, 11) is 0. The SMILES string of the molecule is Cc1ccc(C(=O)Nc2ccc(N3CCCCC3)cc2)cc1.O=C(O)C(F)(F)F. The molecule has 1 heterocycles. The fraction of sp³-hybridized carbons (Fsp3) is 0.333. The minimum atomic E-state index is -5.08. The molecule has 2 aromatic carbocycles. The van der Waals surface area contributed by atoms with Crippen LogP contribution in [0.25, 0.3) is 0 Å². The average molecular weight is 408 g/mol. The zero-order valence-electron chi connectivity index (χ0n) is 16.0. The van der Waals surface area contributed by atoms with E-state index in [-0.39, 0.29) is 5.91 Å². The van der Waals surface area contributed by atoms with Gasteiger partial charge < -0.3 is 15.3 Å². The Morgan fingerprint density at radius 3 is 1.93 bits per heavy atom. The summed E-state index contributed by atoms with van der Waals surface area (Å²) in [5, 5.41) is 10.1. The summed E-state index contributed by atoms with van der Waals surface area (Å²) in [5.41, 5.74) is 3.92. The molecular weight excluding hydrogens is 385 g/mol. The van der Waals surface area contributed by atoms with Crippen LogP contribution in [-0.4, -0.2) is 36.2 Å². The molecule has 29 heavy (non-hydrogen) atoms. The van der Waals surface area contributed by atoms with Crippen LogP contribution < -0.4 is 10.2 Å². The van der Waals surface area contributed by atoms with E-state index in [1.807, 2.05) is 43.3 Å². The molecule has 0 radical (unpaired) electrons. The van der Waals surface area contributed by atoms with E-state index in [0.717, 1.165) is 24.3 Å². The molecule has 0 spiro atoms. The van der Waals surface area contributed by atoms with E-state index in [9.17, 15) is 18.0 Å². The topological polar surface area (TPSA) is 69.6 Å². The summed E-state index contributed by atoms with van der Waals surface area (Å²) in [6, 6.07) is 15.8. The van der Waals surface area contributed by atoms with Gasteiger partial charge >= 0.3 is 12.1 Å². The minimum Gasteiger partial charge on any atom is -0.475 e. The van der Waals surface area contributed by atoms with Gasteiger partial charge in [0.2, 0.25) is 0 Å². The molecule has 0 bridgehead atoms. The number of benzene rings is 2. The van der Waals surface area contributed by atoms with Crippen LogP contribution in [0.4, 0.5) is 24.5 Å². The van der Waals surface area contributed by atoms with Crippen LogP contribution in [0.15, 0.2) is 48.5 Å². The number of nitrogens with one attached hydrogen (secondary N) is 1. The third-order valence-corrected chi connectivity index (χ3v) is 4.40. The number of nitrogens with zero attached hydrogens (tertiary/aromatic N) is 1. The largest absolute Gasteiger partial charge is 0.490 e. The van der Waals surface area contributed by atoms with Crippen LogP contribution in [0.5, 0.6) is 0 Å². The van der Waals surface area contributed by atoms with E-state index < -0.39 is 12.1 Å². The monoisotopic (exact) mass is 408 g/mol. The number of halogens is 3. The van der Waals surface area contributed by atoms with Crippen molar-refractivity contribution in [2.45, 2.75) is 32.4 Å². The molecule has 8 heteroatoms. The molecule has 1 amide bonds. The Morgan fingerprint density at radius 2 is 1.45 bits per heavy atom. The van der Waals surface area contributed by atoms with Crippen LogP contribution in [0.2, 0.25) is 0 Å². The van der Waals surface area contributed by atoms with E-state index in [1.54, 1.807) is 0 Å². The third-order valence-electron chi connectivity index (χ3n) is 4.40. The number of hydrogen-bond acceptors (Lipinski definition) is 3. The van der Waals surface area contributed by atoms with Gasteiger partial charge in [-0.1, -0.05) is 17.7 Å². The van der Waals surface area contributed by atoms with Gasteiger partial charge in [-0.15, -0.1) is 0 Å². The van der Waals surface area contributed by atoms with Gasteiger partial charge in [0.15, 0.2) is 0 Å². The predicted octanol–water partition coefficient (Wildman–Crippen LogP) is 4.87. The van der Waals surface area contributed by atoms with E-state index >= 15 is 0 Å². The summed E-state index contributed by atoms with van der Waals surface area (Å²) in [6.07, 6.45) is -1.21. The van der Waals surface area contributed by atoms with E-state index in [4.69, 9.17) is 9.90 Å². The highest BCUT2D eigenvalue weighted by Gasteiger charge is 2.38. The molecule has 1 aliphatic rings. The van der Waals surface area contributed by atoms with Gasteiger partial charge in [0.1, 0.15) is 0 Å². The minimum absolute atomic E-state index is 0.0641. The lowest BCUT2D eigenvalue weighted by Crippen LogP contribution is -2.29. The van der Waals surface area contributed by atoms with Crippen LogP contribution in [0.1, 0.15) is 35.2 Å². The fourth-order valence-electron chi connectivity index (χ4n) is 2.82. The normalized spacial score (nSPS) is 13.9. The Balaban J connectivity index is 0.000000370. The number of rotatable bonds is 3. The Morgan fingerprint density at radius 1 is 0.931 bits per heavy atom. The van der Waals surface area contributed by atoms with Crippen LogP contribution >= 0.6 is 0 Å². The maximum absolute atomic E-state index is 12.2. The maximum Gasteiger partial charge on any atom is 0.490 e. The number of carbonyl (C=O) groups is 2. The lowest BCUT2D eigenvalue weighted by Gasteiger charge is -2.28. The van der Waals surface area contributed by atoms with Gasteiger partial charge in [0.05, 0.1) is 0 Å². The van der Waals surface area contributed by atoms with Crippen molar-refractivity contribution < 1.29 is 27.9 Å². The zero-order valence-corrected chi connectivity index (χ0v) is 16.0. The van der Waals surface area contributed by atoms with Gasteiger partial charge in [-0.2, -0.15) is 13.2 Å². The summed E-state index contributed by atoms with van der Waals surface area (Å²) in [6.45, 7) is 4.28. The number of carboxylic acid groups (broad SMARTS) is 1. The summed E-state index contributed by atoms with van der Waals surface area (Å²) < 4.78 is 31.7. The van der Waals surface area contributed by atoms with Crippen LogP contribution in [0.3, 0.4) is 0 Å². The Labute approximate surface area is 167 Å². The summed E-state index contributed by atoms with van der Waals surface area (Å²) in [5.74, 6) is -2.82. The molecule has 2 N–H and O–H groups in total. The van der Waals surface area contributed by atoms with Crippen molar-refractivity contribution in [3.63, 3.8) is 0 Å². The highest BCUT2D eigenvalue weighted by Crippen LogP contribution is 2.22. The first-order valence-corrected chi connectivity index (χ1v) is 9.20. The number of carboxylic acids is 1. The average Bonchev–Trinajstić information content (AvgIpc) is 2.69. The molecular formula is C21H23F3N2O3. The van der Waals surface area contributed by atoms with Crippen LogP contribution in [-0.2, 0) is 4.79 Å². The van der Waals surface area contributed by atoms with E-state index in [1.165, 1.54) is 24.9 Å². The first kappa shape index (κ1) is 22.3. The highest BCUT2D eigenvalue weighted by molar-refractivity contribution is 6.04. The molecule has 2 aromatic rings. The van der Waals surface area contributed by atoms with Gasteiger partial charge in [-0.3, -0.25) is 4.79 Å². The number of alkyl halides is 3. The zero-order chi connectivity index (χ0) is 21.4. The number of aryl methyl sites for hydroxylation is 1. The molecule has 0 unspecified atom stereocenters. The van der Waals surface area contributed by atoms with Crippen molar-refractivity contribution in [1.82, 2.24) is 0 Å². The first-order valence-electron chi connectivity index (χ1n) is 9.20. The number of amides is 1. The van der Waals surface area contributed by atoms with E-state index in [2.05, 4.69) is 22.3 Å². The van der Waals surface area contributed by atoms with Gasteiger partial charge in [-0.05, 0) is 62.6 Å². The Bertz CT molecular complexity index is 813. The maximum atomic E-state index is 12.2. The van der Waals surface area contributed by atoms with Gasteiger partial charge in [0, 0.05) is 30.0 Å². The van der Waals surface area contributed by atoms with Crippen molar-refractivity contribution in [3.8, 4) is 0 Å². The third kappa shape index (κ3) is 7.14. The first-order chi connectivity index (χ1) is 13.7. The van der Waals surface area contributed by atoms with Crippen molar-refractivity contribution in [2.75, 3.05) is 23.3 Å². The van der Waals surface area contributed by atoms with Crippen molar-refractivity contribution in [3.05, 3.63) is 59.7 Å². The fourth-order valence-corrected chi connectivity index (χ4v) is 2.82.